The Hall–Kier alpha value is -2.89. The lowest BCUT2D eigenvalue weighted by atomic mass is 9.98. The zero-order chi connectivity index (χ0) is 17.3. The molecule has 2 heterocycles. The van der Waals surface area contributed by atoms with Crippen molar-refractivity contribution in [3.8, 4) is 0 Å². The number of allylic oxidation sites excluding steroid dienone is 2. The molecule has 2 N–H and O–H groups in total. The summed E-state index contributed by atoms with van der Waals surface area (Å²) in [6.45, 7) is 10.2. The molecule has 6 heteroatoms. The Balaban J connectivity index is 0.00000225. The third-order valence-corrected chi connectivity index (χ3v) is 4.36. The van der Waals surface area contributed by atoms with Crippen molar-refractivity contribution in [2.75, 3.05) is 10.6 Å². The van der Waals surface area contributed by atoms with Crippen LogP contribution in [0, 0.1) is 0 Å². The molecule has 0 radical (unpaired) electrons. The Kier molecular flexibility index (Phi) is 5.41. The molecule has 1 atom stereocenters. The maximum atomic E-state index is 12.6. The quantitative estimate of drug-likeness (QED) is 0.853. The predicted octanol–water partition coefficient (Wildman–Crippen LogP) is 4.60. The minimum absolute atomic E-state index is 0. The van der Waals surface area contributed by atoms with Gasteiger partial charge in [0, 0.05) is 17.1 Å². The van der Waals surface area contributed by atoms with Gasteiger partial charge in [0.15, 0.2) is 0 Å². The van der Waals surface area contributed by atoms with Crippen LogP contribution < -0.4 is 10.6 Å². The highest BCUT2D eigenvalue weighted by Crippen LogP contribution is 2.27. The first kappa shape index (κ1) is 18.4. The molecule has 0 saturated heterocycles. The highest BCUT2D eigenvalue weighted by Gasteiger charge is 2.21. The second kappa shape index (κ2) is 7.34. The maximum absolute atomic E-state index is 12.6. The first-order valence-corrected chi connectivity index (χ1v) is 8.13. The number of benzene rings is 1. The number of rotatable bonds is 4. The average Bonchev–Trinajstić information content (AvgIpc) is 2.99. The van der Waals surface area contributed by atoms with E-state index in [2.05, 4.69) is 48.3 Å². The summed E-state index contributed by atoms with van der Waals surface area (Å²) in [7, 11) is 0. The standard InChI is InChI=1S/C19H22N4O.FH/c1-5-12(2)15-6-8-16(9-7-15)22-19(24)17-11-20-23-14(4)10-13(3)21-18(17)23;/h6-12,21H,3,5H2,1-2,4H3,(H,22,24);1H. The van der Waals surface area contributed by atoms with Gasteiger partial charge < -0.3 is 10.6 Å². The van der Waals surface area contributed by atoms with E-state index in [0.717, 1.165) is 23.5 Å². The fourth-order valence-electron chi connectivity index (χ4n) is 2.73. The molecule has 1 aromatic heterocycles. The second-order valence-electron chi connectivity index (χ2n) is 6.14. The minimum Gasteiger partial charge on any atom is -0.340 e. The number of fused-ring (bicyclic) bond motifs is 1. The molecule has 3 rings (SSSR count). The van der Waals surface area contributed by atoms with Crippen LogP contribution in [0.15, 0.2) is 48.8 Å². The van der Waals surface area contributed by atoms with E-state index < -0.39 is 0 Å². The Bertz CT molecular complexity index is 820. The summed E-state index contributed by atoms with van der Waals surface area (Å²) in [5.41, 5.74) is 4.21. The van der Waals surface area contributed by atoms with Crippen LogP contribution >= 0.6 is 0 Å². The summed E-state index contributed by atoms with van der Waals surface area (Å²) in [4.78, 5) is 12.6. The van der Waals surface area contributed by atoms with E-state index in [1.807, 2.05) is 25.1 Å². The normalized spacial score (nSPS) is 13.9. The molecule has 1 aromatic carbocycles. The van der Waals surface area contributed by atoms with Gasteiger partial charge in [-0.1, -0.05) is 32.6 Å². The SMILES string of the molecule is C=C1C=C(C)n2ncc(C(=O)Nc3ccc(C(C)CC)cc3)c2N1.F. The van der Waals surface area contributed by atoms with Gasteiger partial charge in [-0.2, -0.15) is 5.10 Å². The van der Waals surface area contributed by atoms with Crippen LogP contribution in [0.5, 0.6) is 0 Å². The number of hydrogen-bond acceptors (Lipinski definition) is 3. The van der Waals surface area contributed by atoms with Crippen LogP contribution in [-0.2, 0) is 0 Å². The van der Waals surface area contributed by atoms with Crippen molar-refractivity contribution in [3.05, 3.63) is 59.9 Å². The van der Waals surface area contributed by atoms with Crippen molar-refractivity contribution < 1.29 is 9.50 Å². The summed E-state index contributed by atoms with van der Waals surface area (Å²) < 4.78 is 1.70. The zero-order valence-electron chi connectivity index (χ0n) is 14.7. The molecule has 5 nitrogen and oxygen atoms in total. The van der Waals surface area contributed by atoms with Gasteiger partial charge in [0.25, 0.3) is 5.91 Å². The molecule has 0 bridgehead atoms. The van der Waals surface area contributed by atoms with Gasteiger partial charge in [0.1, 0.15) is 11.4 Å². The summed E-state index contributed by atoms with van der Waals surface area (Å²) >= 11 is 0. The molecule has 25 heavy (non-hydrogen) atoms. The zero-order valence-corrected chi connectivity index (χ0v) is 14.7. The number of nitrogens with zero attached hydrogens (tertiary/aromatic N) is 2. The van der Waals surface area contributed by atoms with Gasteiger partial charge in [-0.3, -0.25) is 9.50 Å². The summed E-state index contributed by atoms with van der Waals surface area (Å²) in [6, 6.07) is 7.99. The molecular weight excluding hydrogens is 319 g/mol. The maximum Gasteiger partial charge on any atom is 0.261 e. The number of hydrogen-bond donors (Lipinski definition) is 2. The number of nitrogens with one attached hydrogen (secondary N) is 2. The summed E-state index contributed by atoms with van der Waals surface area (Å²) in [6.07, 6.45) is 4.55. The predicted molar refractivity (Wildman–Crippen MR) is 101 cm³/mol. The van der Waals surface area contributed by atoms with E-state index in [1.165, 1.54) is 5.56 Å². The number of aromatic nitrogens is 2. The van der Waals surface area contributed by atoms with Gasteiger partial charge in [0.05, 0.1) is 6.20 Å². The van der Waals surface area contributed by atoms with Gasteiger partial charge in [0.2, 0.25) is 0 Å². The van der Waals surface area contributed by atoms with Crippen LogP contribution in [0.2, 0.25) is 0 Å². The summed E-state index contributed by atoms with van der Waals surface area (Å²) in [5.74, 6) is 0.971. The largest absolute Gasteiger partial charge is 0.340 e. The third-order valence-electron chi connectivity index (χ3n) is 4.36. The highest BCUT2D eigenvalue weighted by atomic mass is 19.0. The Morgan fingerprint density at radius 1 is 1.36 bits per heavy atom. The van der Waals surface area contributed by atoms with E-state index in [4.69, 9.17) is 0 Å². The fourth-order valence-corrected chi connectivity index (χ4v) is 2.73. The number of carbonyl (C=O) groups excluding carboxylic acids is 1. The topological polar surface area (TPSA) is 59.0 Å². The van der Waals surface area contributed by atoms with Crippen LogP contribution in [0.1, 0.15) is 49.0 Å². The van der Waals surface area contributed by atoms with E-state index in [-0.39, 0.29) is 10.6 Å². The highest BCUT2D eigenvalue weighted by molar-refractivity contribution is 6.08. The molecule has 0 aliphatic carbocycles. The second-order valence-corrected chi connectivity index (χ2v) is 6.14. The molecule has 0 spiro atoms. The van der Waals surface area contributed by atoms with Gasteiger partial charge >= 0.3 is 0 Å². The van der Waals surface area contributed by atoms with Crippen molar-refractivity contribution >= 4 is 23.1 Å². The van der Waals surface area contributed by atoms with Crippen LogP contribution in [0.4, 0.5) is 16.2 Å². The smallest absolute Gasteiger partial charge is 0.261 e. The van der Waals surface area contributed by atoms with E-state index in [1.54, 1.807) is 10.9 Å². The lowest BCUT2D eigenvalue weighted by Crippen LogP contribution is -2.17. The first-order chi connectivity index (χ1) is 11.5. The van der Waals surface area contributed by atoms with Gasteiger partial charge in [-0.25, -0.2) is 4.68 Å². The molecule has 132 valence electrons. The molecular formula is C19H23FN4O. The monoisotopic (exact) mass is 342 g/mol. The van der Waals surface area contributed by atoms with Gasteiger partial charge in [-0.15, -0.1) is 0 Å². The molecule has 0 saturated carbocycles. The van der Waals surface area contributed by atoms with Crippen molar-refractivity contribution in [2.45, 2.75) is 33.1 Å². The number of carbonyl (C=O) groups is 1. The Morgan fingerprint density at radius 3 is 2.68 bits per heavy atom. The van der Waals surface area contributed by atoms with Crippen LogP contribution in [0.3, 0.4) is 0 Å². The van der Waals surface area contributed by atoms with Crippen molar-refractivity contribution in [3.63, 3.8) is 0 Å². The lowest BCUT2D eigenvalue weighted by Gasteiger charge is -2.17. The molecule has 2 aromatic rings. The Morgan fingerprint density at radius 2 is 2.04 bits per heavy atom. The van der Waals surface area contributed by atoms with Crippen LogP contribution in [-0.4, -0.2) is 15.7 Å². The van der Waals surface area contributed by atoms with Crippen molar-refractivity contribution in [1.82, 2.24) is 9.78 Å². The van der Waals surface area contributed by atoms with Crippen LogP contribution in [0.25, 0.3) is 5.70 Å². The number of anilines is 2. The van der Waals surface area contributed by atoms with E-state index >= 15 is 0 Å². The van der Waals surface area contributed by atoms with Crippen molar-refractivity contribution in [2.24, 2.45) is 0 Å². The molecule has 0 fully saturated rings. The molecule has 1 unspecified atom stereocenters. The average molecular weight is 342 g/mol. The molecule has 1 aliphatic heterocycles. The summed E-state index contributed by atoms with van der Waals surface area (Å²) in [5, 5.41) is 10.3. The van der Waals surface area contributed by atoms with Gasteiger partial charge in [-0.05, 0) is 43.0 Å². The third kappa shape index (κ3) is 3.63. The number of halogens is 1. The van der Waals surface area contributed by atoms with E-state index in [0.29, 0.717) is 17.3 Å². The number of amides is 1. The molecule has 1 amide bonds. The Labute approximate surface area is 146 Å². The van der Waals surface area contributed by atoms with Crippen molar-refractivity contribution in [1.29, 1.82) is 0 Å². The van der Waals surface area contributed by atoms with E-state index in [9.17, 15) is 4.79 Å². The lowest BCUT2D eigenvalue weighted by molar-refractivity contribution is 0.102. The molecule has 1 aliphatic rings. The first-order valence-electron chi connectivity index (χ1n) is 8.13. The fraction of sp³-hybridized carbons (Fsp3) is 0.263. The minimum atomic E-state index is -0.192.